The van der Waals surface area contributed by atoms with Crippen molar-refractivity contribution < 1.29 is 14.3 Å². The molecule has 3 aromatic heterocycles. The Bertz CT molecular complexity index is 1930. The second kappa shape index (κ2) is 8.76. The van der Waals surface area contributed by atoms with Crippen LogP contribution in [0.5, 0.6) is 0 Å². The summed E-state index contributed by atoms with van der Waals surface area (Å²) in [5.41, 5.74) is 2.16. The van der Waals surface area contributed by atoms with Gasteiger partial charge in [-0.25, -0.2) is 9.78 Å². The summed E-state index contributed by atoms with van der Waals surface area (Å²) in [5, 5.41) is 16.6. The Morgan fingerprint density at radius 1 is 1.08 bits per heavy atom. The quantitative estimate of drug-likeness (QED) is 0.289. The Labute approximate surface area is 214 Å². The number of nitrogens with zero attached hydrogens (tertiary/aromatic N) is 4. The largest absolute Gasteiger partial charge is 0.480 e. The number of para-hydroxylation sites is 2. The highest BCUT2D eigenvalue weighted by atomic mass is 35.5. The number of carboxylic acid groups (broad SMARTS) is 1. The normalized spacial score (nSPS) is 12.7. The molecule has 1 N–H and O–H groups in total. The molecule has 0 bridgehead atoms. The number of halogens is 1. The van der Waals surface area contributed by atoms with Gasteiger partial charge in [0.05, 0.1) is 17.1 Å². The van der Waals surface area contributed by atoms with Crippen molar-refractivity contribution in [2.45, 2.75) is 13.0 Å². The van der Waals surface area contributed by atoms with Gasteiger partial charge in [0.1, 0.15) is 11.6 Å². The first kappa shape index (κ1) is 22.8. The van der Waals surface area contributed by atoms with Crippen molar-refractivity contribution in [3.05, 3.63) is 99.9 Å². The van der Waals surface area contributed by atoms with E-state index in [-0.39, 0.29) is 11.4 Å². The van der Waals surface area contributed by atoms with Crippen LogP contribution in [0.25, 0.3) is 44.4 Å². The lowest BCUT2D eigenvalue weighted by molar-refractivity contribution is -0.140. The van der Waals surface area contributed by atoms with Crippen LogP contribution in [0.2, 0.25) is 5.02 Å². The number of carboxylic acids is 1. The van der Waals surface area contributed by atoms with Gasteiger partial charge < -0.3 is 14.1 Å². The van der Waals surface area contributed by atoms with Crippen LogP contribution in [-0.4, -0.2) is 31.5 Å². The van der Waals surface area contributed by atoms with Crippen molar-refractivity contribution in [1.29, 1.82) is 0 Å². The van der Waals surface area contributed by atoms with Crippen molar-refractivity contribution in [3.63, 3.8) is 0 Å². The number of rotatable bonds is 5. The third-order valence-corrected chi connectivity index (χ3v) is 6.55. The van der Waals surface area contributed by atoms with E-state index in [0.717, 1.165) is 16.3 Å². The van der Waals surface area contributed by atoms with Crippen molar-refractivity contribution in [2.24, 2.45) is 5.10 Å². The van der Waals surface area contributed by atoms with E-state index in [1.165, 1.54) is 10.9 Å². The van der Waals surface area contributed by atoms with Crippen LogP contribution >= 0.6 is 11.6 Å². The summed E-state index contributed by atoms with van der Waals surface area (Å²) >= 11 is 6.14. The van der Waals surface area contributed by atoms with Gasteiger partial charge in [-0.2, -0.15) is 9.78 Å². The van der Waals surface area contributed by atoms with Gasteiger partial charge in [0.25, 0.3) is 5.56 Å². The maximum absolute atomic E-state index is 13.5. The van der Waals surface area contributed by atoms with Crippen LogP contribution < -0.4 is 5.56 Å². The molecule has 3 heterocycles. The molecule has 0 amide bonds. The van der Waals surface area contributed by atoms with E-state index in [2.05, 4.69) is 5.10 Å². The number of hydrogen-bond acceptors (Lipinski definition) is 5. The summed E-state index contributed by atoms with van der Waals surface area (Å²) in [7, 11) is 0. The fourth-order valence-electron chi connectivity index (χ4n) is 4.41. The molecule has 0 saturated carbocycles. The Balaban J connectivity index is 1.56. The number of hydrogen-bond donors (Lipinski definition) is 1. The number of fused-ring (bicyclic) bond motifs is 3. The highest BCUT2D eigenvalue weighted by Gasteiger charge is 2.19. The number of aromatic nitrogens is 3. The molecule has 8 nitrogen and oxygen atoms in total. The zero-order chi connectivity index (χ0) is 25.7. The van der Waals surface area contributed by atoms with Gasteiger partial charge in [0.2, 0.25) is 5.82 Å². The topological polar surface area (TPSA) is 103 Å². The predicted molar refractivity (Wildman–Crippen MR) is 143 cm³/mol. The number of aliphatic carboxylic acids is 1. The van der Waals surface area contributed by atoms with Crippen LogP contribution in [0, 0.1) is 0 Å². The number of furan rings is 1. The molecule has 0 aliphatic heterocycles. The van der Waals surface area contributed by atoms with E-state index in [1.807, 2.05) is 30.3 Å². The maximum atomic E-state index is 13.5. The van der Waals surface area contributed by atoms with Crippen LogP contribution in [0.15, 0.2) is 93.3 Å². The van der Waals surface area contributed by atoms with Gasteiger partial charge >= 0.3 is 5.97 Å². The predicted octanol–water partition coefficient (Wildman–Crippen LogP) is 5.95. The summed E-state index contributed by atoms with van der Waals surface area (Å²) in [4.78, 5) is 29.9. The molecule has 182 valence electrons. The van der Waals surface area contributed by atoms with Crippen molar-refractivity contribution in [2.75, 3.05) is 0 Å². The molecular weight excluding hydrogens is 492 g/mol. The van der Waals surface area contributed by atoms with Crippen LogP contribution in [0.1, 0.15) is 18.5 Å². The standard InChI is InChI=1S/C28H19ClN4O4/c1-16(28(35)36)32-15-18(20-6-3-5-9-23(20)32)14-30-33-26(31-22-8-4-2-7-21(22)27(33)34)25-13-17-12-19(29)10-11-24(17)37-25/h2-16H,1H3,(H,35,36)/t16-/m1/s1. The van der Waals surface area contributed by atoms with E-state index in [9.17, 15) is 14.7 Å². The molecule has 0 aliphatic carbocycles. The van der Waals surface area contributed by atoms with Crippen molar-refractivity contribution in [1.82, 2.24) is 14.2 Å². The van der Waals surface area contributed by atoms with Crippen LogP contribution in [0.3, 0.4) is 0 Å². The fraction of sp³-hybridized carbons (Fsp3) is 0.0714. The van der Waals surface area contributed by atoms with Gasteiger partial charge in [0.15, 0.2) is 5.76 Å². The summed E-state index contributed by atoms with van der Waals surface area (Å²) in [6, 6.07) is 20.7. The lowest BCUT2D eigenvalue weighted by Crippen LogP contribution is -2.20. The van der Waals surface area contributed by atoms with E-state index >= 15 is 0 Å². The monoisotopic (exact) mass is 510 g/mol. The third kappa shape index (κ3) is 3.88. The maximum Gasteiger partial charge on any atom is 0.326 e. The Morgan fingerprint density at radius 2 is 1.84 bits per heavy atom. The Hall–Kier alpha value is -4.69. The lowest BCUT2D eigenvalue weighted by atomic mass is 10.2. The highest BCUT2D eigenvalue weighted by molar-refractivity contribution is 6.31. The molecule has 0 unspecified atom stereocenters. The molecular formula is C28H19ClN4O4. The van der Waals surface area contributed by atoms with E-state index < -0.39 is 12.0 Å². The van der Waals surface area contributed by atoms with Gasteiger partial charge in [-0.3, -0.25) is 4.79 Å². The van der Waals surface area contributed by atoms with Crippen LogP contribution in [-0.2, 0) is 4.79 Å². The first-order valence-corrected chi connectivity index (χ1v) is 11.9. The van der Waals surface area contributed by atoms with Crippen molar-refractivity contribution >= 4 is 56.6 Å². The minimum Gasteiger partial charge on any atom is -0.480 e. The second-order valence-electron chi connectivity index (χ2n) is 8.63. The molecule has 3 aromatic carbocycles. The Morgan fingerprint density at radius 3 is 2.65 bits per heavy atom. The molecule has 0 saturated heterocycles. The van der Waals surface area contributed by atoms with Gasteiger partial charge in [-0.05, 0) is 49.4 Å². The summed E-state index contributed by atoms with van der Waals surface area (Å²) in [6.45, 7) is 1.61. The fourth-order valence-corrected chi connectivity index (χ4v) is 4.59. The molecule has 0 aliphatic rings. The molecule has 6 aromatic rings. The molecule has 1 atom stereocenters. The lowest BCUT2D eigenvalue weighted by Gasteiger charge is -2.09. The van der Waals surface area contributed by atoms with Crippen LogP contribution in [0.4, 0.5) is 0 Å². The summed E-state index contributed by atoms with van der Waals surface area (Å²) in [5.74, 6) is -0.361. The molecule has 0 radical (unpaired) electrons. The molecule has 6 rings (SSSR count). The zero-order valence-electron chi connectivity index (χ0n) is 19.5. The molecule has 0 spiro atoms. The van der Waals surface area contributed by atoms with E-state index in [1.54, 1.807) is 60.2 Å². The molecule has 37 heavy (non-hydrogen) atoms. The molecule has 9 heteroatoms. The second-order valence-corrected chi connectivity index (χ2v) is 9.07. The first-order valence-electron chi connectivity index (χ1n) is 11.5. The smallest absolute Gasteiger partial charge is 0.326 e. The first-order chi connectivity index (χ1) is 17.9. The van der Waals surface area contributed by atoms with Crippen molar-refractivity contribution in [3.8, 4) is 11.6 Å². The average molecular weight is 511 g/mol. The molecule has 0 fully saturated rings. The van der Waals surface area contributed by atoms with Gasteiger partial charge in [-0.15, -0.1) is 0 Å². The van der Waals surface area contributed by atoms with Gasteiger partial charge in [-0.1, -0.05) is 41.9 Å². The minimum atomic E-state index is -0.952. The third-order valence-electron chi connectivity index (χ3n) is 6.31. The average Bonchev–Trinajstić information content (AvgIpc) is 3.49. The Kier molecular flexibility index (Phi) is 5.39. The number of benzene rings is 3. The highest BCUT2D eigenvalue weighted by Crippen LogP contribution is 2.29. The van der Waals surface area contributed by atoms with E-state index in [0.29, 0.717) is 32.8 Å². The SMILES string of the molecule is C[C@H](C(=O)O)n1cc(C=Nn2c(-c3cc4cc(Cl)ccc4o3)nc3ccccc3c2=O)c2ccccc21. The summed E-state index contributed by atoms with van der Waals surface area (Å²) in [6.07, 6.45) is 3.25. The van der Waals surface area contributed by atoms with Gasteiger partial charge in [0, 0.05) is 33.1 Å². The summed E-state index contributed by atoms with van der Waals surface area (Å²) < 4.78 is 8.89. The minimum absolute atomic E-state index is 0.231. The van der Waals surface area contributed by atoms with E-state index in [4.69, 9.17) is 21.0 Å². The zero-order valence-corrected chi connectivity index (χ0v) is 20.3. The number of carbonyl (C=O) groups is 1.